The molecule has 0 amide bonds. The van der Waals surface area contributed by atoms with E-state index in [4.69, 9.17) is 22.1 Å². The lowest BCUT2D eigenvalue weighted by Crippen LogP contribution is -2.17. The third-order valence-corrected chi connectivity index (χ3v) is 3.78. The van der Waals surface area contributed by atoms with Crippen molar-refractivity contribution in [3.8, 4) is 11.4 Å². The highest BCUT2D eigenvalue weighted by molar-refractivity contribution is 6.33. The van der Waals surface area contributed by atoms with Crippen molar-refractivity contribution in [2.45, 2.75) is 20.0 Å². The average Bonchev–Trinajstić information content (AvgIpc) is 2.53. The molecule has 6 nitrogen and oxygen atoms in total. The normalized spacial score (nSPS) is 10.7. The average molecular weight is 379 g/mol. The summed E-state index contributed by atoms with van der Waals surface area (Å²) in [5, 5.41) is 0.242. The first kappa shape index (κ1) is 19.7. The van der Waals surface area contributed by atoms with Gasteiger partial charge in [0.25, 0.3) is 0 Å². The Bertz CT molecular complexity index is 869. The van der Waals surface area contributed by atoms with E-state index in [1.807, 2.05) is 0 Å². The van der Waals surface area contributed by atoms with Crippen LogP contribution in [0.4, 0.5) is 15.9 Å². The maximum absolute atomic E-state index is 14.9. The van der Waals surface area contributed by atoms with Crippen molar-refractivity contribution in [2.75, 3.05) is 24.7 Å². The smallest absolute Gasteiger partial charge is 0.358 e. The van der Waals surface area contributed by atoms with Gasteiger partial charge < -0.3 is 15.4 Å². The predicted molar refractivity (Wildman–Crippen MR) is 102 cm³/mol. The molecule has 2 N–H and O–H groups in total. The number of nitrogen functional groups attached to an aromatic ring is 1. The van der Waals surface area contributed by atoms with Crippen molar-refractivity contribution < 1.29 is 13.9 Å². The van der Waals surface area contributed by atoms with Gasteiger partial charge in [-0.3, -0.25) is 0 Å². The zero-order valence-electron chi connectivity index (χ0n) is 15.0. The second kappa shape index (κ2) is 7.70. The van der Waals surface area contributed by atoms with Gasteiger partial charge in [-0.25, -0.2) is 19.2 Å². The Hall–Kier alpha value is -2.67. The van der Waals surface area contributed by atoms with Gasteiger partial charge in [-0.2, -0.15) is 0 Å². The molecule has 1 heterocycles. The van der Waals surface area contributed by atoms with Crippen molar-refractivity contribution in [2.24, 2.45) is 0 Å². The molecule has 0 saturated heterocycles. The Morgan fingerprint density at radius 3 is 2.58 bits per heavy atom. The number of halogens is 2. The number of hydrogen-bond donors (Lipinski definition) is 1. The van der Waals surface area contributed by atoms with Gasteiger partial charge in [0.15, 0.2) is 17.3 Å². The molecule has 0 aliphatic heterocycles. The second-order valence-electron chi connectivity index (χ2n) is 6.00. The maximum Gasteiger partial charge on any atom is 0.358 e. The molecule has 0 aliphatic carbocycles. The summed E-state index contributed by atoms with van der Waals surface area (Å²) in [5.41, 5.74) is 6.35. The molecule has 0 bridgehead atoms. The summed E-state index contributed by atoms with van der Waals surface area (Å²) in [6.45, 7) is 7.03. The van der Waals surface area contributed by atoms with Crippen LogP contribution in [-0.2, 0) is 4.74 Å². The Labute approximate surface area is 156 Å². The summed E-state index contributed by atoms with van der Waals surface area (Å²) in [6, 6.07) is 2.97. The van der Waals surface area contributed by atoms with Gasteiger partial charge in [-0.05, 0) is 26.0 Å². The highest BCUT2D eigenvalue weighted by Gasteiger charge is 2.23. The van der Waals surface area contributed by atoms with Crippen LogP contribution in [0.15, 0.2) is 18.7 Å². The molecule has 138 valence electrons. The molecule has 26 heavy (non-hydrogen) atoms. The van der Waals surface area contributed by atoms with Crippen LogP contribution in [0.25, 0.3) is 17.5 Å². The first-order valence-corrected chi connectivity index (χ1v) is 8.21. The van der Waals surface area contributed by atoms with Crippen molar-refractivity contribution in [3.63, 3.8) is 0 Å². The van der Waals surface area contributed by atoms with E-state index in [0.717, 1.165) is 0 Å². The van der Waals surface area contributed by atoms with Crippen LogP contribution in [0.2, 0.25) is 5.02 Å². The summed E-state index contributed by atoms with van der Waals surface area (Å²) in [6.07, 6.45) is 1.01. The zero-order valence-corrected chi connectivity index (χ0v) is 15.8. The number of ether oxygens (including phenoxy) is 1. The SMILES string of the molecule is C=Cc1c(N)nc(-c2ccc(Cl)c(N(C)C)c2F)nc1C(=O)OC(C)C. The second-order valence-corrected chi connectivity index (χ2v) is 6.41. The quantitative estimate of drug-likeness (QED) is 0.797. The largest absolute Gasteiger partial charge is 0.458 e. The lowest BCUT2D eigenvalue weighted by Gasteiger charge is -2.18. The molecule has 0 unspecified atom stereocenters. The Morgan fingerprint density at radius 2 is 2.04 bits per heavy atom. The molecule has 0 fully saturated rings. The van der Waals surface area contributed by atoms with Gasteiger partial charge >= 0.3 is 5.97 Å². The van der Waals surface area contributed by atoms with Crippen LogP contribution in [0, 0.1) is 5.82 Å². The van der Waals surface area contributed by atoms with Gasteiger partial charge in [0.2, 0.25) is 0 Å². The molecular weight excluding hydrogens is 359 g/mol. The number of carbonyl (C=O) groups excluding carboxylic acids is 1. The Morgan fingerprint density at radius 1 is 1.38 bits per heavy atom. The Kier molecular flexibility index (Phi) is 5.82. The number of anilines is 2. The number of benzene rings is 1. The summed E-state index contributed by atoms with van der Waals surface area (Å²) < 4.78 is 20.1. The zero-order chi connectivity index (χ0) is 19.6. The highest BCUT2D eigenvalue weighted by Crippen LogP contribution is 2.34. The van der Waals surface area contributed by atoms with Gasteiger partial charge in [-0.15, -0.1) is 0 Å². The van der Waals surface area contributed by atoms with Crippen molar-refractivity contribution in [1.29, 1.82) is 0 Å². The summed E-state index contributed by atoms with van der Waals surface area (Å²) in [5.74, 6) is -1.34. The van der Waals surface area contributed by atoms with E-state index in [0.29, 0.717) is 0 Å². The van der Waals surface area contributed by atoms with E-state index in [1.165, 1.54) is 23.1 Å². The fourth-order valence-corrected chi connectivity index (χ4v) is 2.67. The minimum absolute atomic E-state index is 0.00135. The number of hydrogen-bond acceptors (Lipinski definition) is 6. The van der Waals surface area contributed by atoms with Gasteiger partial charge in [0.1, 0.15) is 5.82 Å². The van der Waals surface area contributed by atoms with E-state index < -0.39 is 11.8 Å². The third-order valence-electron chi connectivity index (χ3n) is 3.47. The maximum atomic E-state index is 14.9. The van der Waals surface area contributed by atoms with Crippen molar-refractivity contribution >= 4 is 35.2 Å². The van der Waals surface area contributed by atoms with Gasteiger partial charge in [0, 0.05) is 19.7 Å². The number of esters is 1. The molecule has 1 aromatic carbocycles. The van der Waals surface area contributed by atoms with E-state index in [2.05, 4.69) is 16.5 Å². The van der Waals surface area contributed by atoms with Gasteiger partial charge in [-0.1, -0.05) is 24.3 Å². The van der Waals surface area contributed by atoms with Crippen molar-refractivity contribution in [1.82, 2.24) is 9.97 Å². The van der Waals surface area contributed by atoms with Gasteiger partial charge in [0.05, 0.1) is 22.4 Å². The minimum Gasteiger partial charge on any atom is -0.458 e. The Balaban J connectivity index is 2.69. The monoisotopic (exact) mass is 378 g/mol. The van der Waals surface area contributed by atoms with Crippen LogP contribution < -0.4 is 10.6 Å². The molecule has 0 radical (unpaired) electrons. The summed E-state index contributed by atoms with van der Waals surface area (Å²) in [7, 11) is 3.32. The predicted octanol–water partition coefficient (Wildman–Crippen LogP) is 3.79. The third kappa shape index (κ3) is 3.77. The first-order valence-electron chi connectivity index (χ1n) is 7.84. The summed E-state index contributed by atoms with van der Waals surface area (Å²) in [4.78, 5) is 22.2. The molecule has 0 saturated carbocycles. The fraction of sp³-hybridized carbons (Fsp3) is 0.278. The molecular formula is C18H20ClFN4O2. The number of nitrogens with zero attached hydrogens (tertiary/aromatic N) is 3. The van der Waals surface area contributed by atoms with E-state index >= 15 is 0 Å². The lowest BCUT2D eigenvalue weighted by molar-refractivity contribution is 0.0370. The molecule has 2 rings (SSSR count). The first-order chi connectivity index (χ1) is 12.2. The number of aromatic nitrogens is 2. The number of carbonyl (C=O) groups is 1. The molecule has 1 aromatic heterocycles. The number of rotatable bonds is 5. The molecule has 0 spiro atoms. The van der Waals surface area contributed by atoms with Crippen LogP contribution in [-0.4, -0.2) is 36.1 Å². The van der Waals surface area contributed by atoms with Crippen molar-refractivity contribution in [3.05, 3.63) is 40.8 Å². The summed E-state index contributed by atoms with van der Waals surface area (Å²) >= 11 is 6.07. The minimum atomic E-state index is -0.688. The molecule has 0 atom stereocenters. The van der Waals surface area contributed by atoms with E-state index in [1.54, 1.807) is 27.9 Å². The highest BCUT2D eigenvalue weighted by atomic mass is 35.5. The topological polar surface area (TPSA) is 81.3 Å². The molecule has 8 heteroatoms. The molecule has 0 aliphatic rings. The number of nitrogens with two attached hydrogens (primary N) is 1. The lowest BCUT2D eigenvalue weighted by atomic mass is 10.1. The molecule has 2 aromatic rings. The van der Waals surface area contributed by atoms with Crippen LogP contribution in [0.3, 0.4) is 0 Å². The fourth-order valence-electron chi connectivity index (χ4n) is 2.36. The van der Waals surface area contributed by atoms with E-state index in [9.17, 15) is 9.18 Å². The standard InChI is InChI=1S/C18H20ClFN4O2/c1-6-10-14(18(25)26-9(2)3)22-17(23-16(10)21)11-7-8-12(19)15(13(11)20)24(4)5/h6-9H,1H2,2-5H3,(H2,21,22,23). The van der Waals surface area contributed by atoms with Crippen LogP contribution in [0.5, 0.6) is 0 Å². The van der Waals surface area contributed by atoms with E-state index in [-0.39, 0.29) is 45.3 Å². The van der Waals surface area contributed by atoms with Crippen LogP contribution >= 0.6 is 11.6 Å². The van der Waals surface area contributed by atoms with Crippen LogP contribution in [0.1, 0.15) is 29.9 Å².